The van der Waals surface area contributed by atoms with Crippen molar-refractivity contribution in [3.63, 3.8) is 0 Å². The summed E-state index contributed by atoms with van der Waals surface area (Å²) in [4.78, 5) is 0. The van der Waals surface area contributed by atoms with Gasteiger partial charge in [0.1, 0.15) is 6.73 Å². The summed E-state index contributed by atoms with van der Waals surface area (Å²) in [6.45, 7) is 2.66. The second-order valence-electron chi connectivity index (χ2n) is 2.11. The summed E-state index contributed by atoms with van der Waals surface area (Å²) >= 11 is 0. The van der Waals surface area contributed by atoms with Gasteiger partial charge in [0.2, 0.25) is 0 Å². The highest BCUT2D eigenvalue weighted by Gasteiger charge is 2.12. The van der Waals surface area contributed by atoms with Gasteiger partial charge < -0.3 is 4.74 Å². The van der Waals surface area contributed by atoms with Crippen LogP contribution in [0.2, 0.25) is 0 Å². The molecule has 0 aromatic heterocycles. The Morgan fingerprint density at radius 3 is 2.50 bits per heavy atom. The molecular weight excluding hydrogens is 104 g/mol. The molecule has 0 aromatic carbocycles. The second kappa shape index (κ2) is 2.44. The van der Waals surface area contributed by atoms with Crippen LogP contribution in [0.4, 0.5) is 0 Å². The summed E-state index contributed by atoms with van der Waals surface area (Å²) in [5, 5.41) is 4.19. The monoisotopic (exact) mass is 116 g/mol. The van der Waals surface area contributed by atoms with E-state index in [2.05, 4.69) is 5.01 Å². The van der Waals surface area contributed by atoms with E-state index in [1.807, 2.05) is 19.1 Å². The van der Waals surface area contributed by atoms with E-state index < -0.39 is 0 Å². The van der Waals surface area contributed by atoms with Gasteiger partial charge in [0.25, 0.3) is 0 Å². The van der Waals surface area contributed by atoms with Crippen LogP contribution < -0.4 is 0 Å². The van der Waals surface area contributed by atoms with Crippen molar-refractivity contribution < 1.29 is 4.74 Å². The van der Waals surface area contributed by atoms with Gasteiger partial charge in [-0.1, -0.05) is 0 Å². The first kappa shape index (κ1) is 6.01. The molecule has 3 heteroatoms. The molecule has 3 nitrogen and oxygen atoms in total. The van der Waals surface area contributed by atoms with Gasteiger partial charge in [-0.05, 0) is 0 Å². The molecule has 1 aliphatic rings. The van der Waals surface area contributed by atoms with Crippen molar-refractivity contribution in [1.29, 1.82) is 0 Å². The van der Waals surface area contributed by atoms with E-state index in [0.29, 0.717) is 0 Å². The Morgan fingerprint density at radius 2 is 2.25 bits per heavy atom. The smallest absolute Gasteiger partial charge is 0.112 e. The minimum atomic E-state index is 0.757. The summed E-state index contributed by atoms with van der Waals surface area (Å²) < 4.78 is 5.10. The van der Waals surface area contributed by atoms with Crippen LogP contribution in [0.1, 0.15) is 0 Å². The van der Waals surface area contributed by atoms with Crippen LogP contribution in [0.15, 0.2) is 0 Å². The molecule has 0 N–H and O–H groups in total. The molecule has 8 heavy (non-hydrogen) atoms. The Balaban J connectivity index is 2.24. The topological polar surface area (TPSA) is 15.7 Å². The normalized spacial score (nSPS) is 22.9. The van der Waals surface area contributed by atoms with Crippen LogP contribution in [-0.4, -0.2) is 44.0 Å². The highest BCUT2D eigenvalue weighted by Crippen LogP contribution is 1.98. The average Bonchev–Trinajstić information content (AvgIpc) is 2.12. The summed E-state index contributed by atoms with van der Waals surface area (Å²) in [6.07, 6.45) is 0. The summed E-state index contributed by atoms with van der Waals surface area (Å²) in [7, 11) is 4.04. The third-order valence-corrected chi connectivity index (χ3v) is 1.30. The van der Waals surface area contributed by atoms with Crippen LogP contribution in [0.5, 0.6) is 0 Å². The van der Waals surface area contributed by atoms with Gasteiger partial charge >= 0.3 is 0 Å². The number of ether oxygens (including phenoxy) is 1. The maximum Gasteiger partial charge on any atom is 0.112 e. The van der Waals surface area contributed by atoms with Gasteiger partial charge in [-0.15, -0.1) is 0 Å². The molecule has 0 atom stereocenters. The Kier molecular flexibility index (Phi) is 1.83. The molecule has 0 radical (unpaired) electrons. The van der Waals surface area contributed by atoms with E-state index in [4.69, 9.17) is 4.74 Å². The van der Waals surface area contributed by atoms with E-state index in [1.54, 1.807) is 0 Å². The lowest BCUT2D eigenvalue weighted by Gasteiger charge is -2.20. The Labute approximate surface area is 49.8 Å². The van der Waals surface area contributed by atoms with Crippen molar-refractivity contribution in [1.82, 2.24) is 10.0 Å². The van der Waals surface area contributed by atoms with Crippen LogP contribution in [0.25, 0.3) is 0 Å². The Hall–Kier alpha value is -0.120. The molecule has 1 aliphatic heterocycles. The van der Waals surface area contributed by atoms with Crippen LogP contribution in [-0.2, 0) is 4.74 Å². The molecule has 1 heterocycles. The van der Waals surface area contributed by atoms with Crippen molar-refractivity contribution in [2.75, 3.05) is 34.0 Å². The average molecular weight is 116 g/mol. The predicted molar refractivity (Wildman–Crippen MR) is 31.2 cm³/mol. The molecule has 1 rings (SSSR count). The predicted octanol–water partition coefficient (Wildman–Crippen LogP) is -0.247. The molecule has 48 valence electrons. The van der Waals surface area contributed by atoms with Crippen molar-refractivity contribution >= 4 is 0 Å². The van der Waals surface area contributed by atoms with Crippen molar-refractivity contribution in [3.8, 4) is 0 Å². The Morgan fingerprint density at radius 1 is 1.50 bits per heavy atom. The van der Waals surface area contributed by atoms with Crippen LogP contribution >= 0.6 is 0 Å². The van der Waals surface area contributed by atoms with Crippen molar-refractivity contribution in [3.05, 3.63) is 0 Å². The zero-order valence-corrected chi connectivity index (χ0v) is 5.42. The third kappa shape index (κ3) is 1.18. The lowest BCUT2D eigenvalue weighted by molar-refractivity contribution is 0.00473. The fraction of sp³-hybridized carbons (Fsp3) is 1.00. The zero-order valence-electron chi connectivity index (χ0n) is 5.42. The number of hydrogen-bond acceptors (Lipinski definition) is 3. The van der Waals surface area contributed by atoms with Gasteiger partial charge in [-0.2, -0.15) is 0 Å². The molecule has 0 bridgehead atoms. The molecule has 0 aliphatic carbocycles. The fourth-order valence-electron chi connectivity index (χ4n) is 0.720. The largest absolute Gasteiger partial charge is 0.363 e. The van der Waals surface area contributed by atoms with E-state index in [9.17, 15) is 0 Å². The first-order chi connectivity index (χ1) is 3.80. The first-order valence-electron chi connectivity index (χ1n) is 2.80. The lowest BCUT2D eigenvalue weighted by Crippen LogP contribution is -2.34. The van der Waals surface area contributed by atoms with E-state index in [-0.39, 0.29) is 0 Å². The van der Waals surface area contributed by atoms with Gasteiger partial charge in [-0.3, -0.25) is 0 Å². The zero-order chi connectivity index (χ0) is 5.98. The van der Waals surface area contributed by atoms with Gasteiger partial charge in [0.05, 0.1) is 6.61 Å². The minimum absolute atomic E-state index is 0.757. The van der Waals surface area contributed by atoms with E-state index in [0.717, 1.165) is 19.9 Å². The SMILES string of the molecule is CN(C)N1CCOC1. The van der Waals surface area contributed by atoms with Crippen LogP contribution in [0, 0.1) is 0 Å². The highest BCUT2D eigenvalue weighted by atomic mass is 16.5. The highest BCUT2D eigenvalue weighted by molar-refractivity contribution is 4.50. The maximum atomic E-state index is 5.10. The molecule has 1 saturated heterocycles. The molecule has 0 spiro atoms. The summed E-state index contributed by atoms with van der Waals surface area (Å²) in [5.41, 5.74) is 0. The first-order valence-corrected chi connectivity index (χ1v) is 2.80. The lowest BCUT2D eigenvalue weighted by atomic mass is 10.7. The molecule has 1 fully saturated rings. The van der Waals surface area contributed by atoms with Crippen molar-refractivity contribution in [2.24, 2.45) is 0 Å². The summed E-state index contributed by atoms with van der Waals surface area (Å²) in [5.74, 6) is 0. The maximum absolute atomic E-state index is 5.10. The molecule has 0 aromatic rings. The number of rotatable bonds is 1. The standard InChI is InChI=1S/C5H12N2O/c1-6(2)7-3-4-8-5-7/h3-5H2,1-2H3. The third-order valence-electron chi connectivity index (χ3n) is 1.30. The number of nitrogens with zero attached hydrogens (tertiary/aromatic N) is 2. The van der Waals surface area contributed by atoms with E-state index in [1.165, 1.54) is 0 Å². The molecule has 0 amide bonds. The second-order valence-corrected chi connectivity index (χ2v) is 2.11. The Bertz CT molecular complexity index is 68.8. The van der Waals surface area contributed by atoms with Gasteiger partial charge in [0.15, 0.2) is 0 Å². The quantitative estimate of drug-likeness (QED) is 0.470. The fourth-order valence-corrected chi connectivity index (χ4v) is 0.720. The summed E-state index contributed by atoms with van der Waals surface area (Å²) in [6, 6.07) is 0. The van der Waals surface area contributed by atoms with E-state index >= 15 is 0 Å². The molecule has 0 unspecified atom stereocenters. The molecule has 0 saturated carbocycles. The van der Waals surface area contributed by atoms with Gasteiger partial charge in [-0.25, -0.2) is 10.0 Å². The molecular formula is C5H12N2O. The number of hydrogen-bond donors (Lipinski definition) is 0. The number of hydrazine groups is 1. The minimum Gasteiger partial charge on any atom is -0.363 e. The van der Waals surface area contributed by atoms with Crippen LogP contribution in [0.3, 0.4) is 0 Å². The van der Waals surface area contributed by atoms with Gasteiger partial charge in [0, 0.05) is 20.6 Å². The van der Waals surface area contributed by atoms with Crippen molar-refractivity contribution in [2.45, 2.75) is 0 Å².